The first-order valence-corrected chi connectivity index (χ1v) is 15.4. The van der Waals surface area contributed by atoms with Crippen LogP contribution in [-0.2, 0) is 11.3 Å². The lowest BCUT2D eigenvalue weighted by molar-refractivity contribution is -0.189. The van der Waals surface area contributed by atoms with Crippen LogP contribution in [0.5, 0.6) is 0 Å². The number of hydrogen-bond acceptors (Lipinski definition) is 6. The van der Waals surface area contributed by atoms with Gasteiger partial charge in [-0.3, -0.25) is 23.9 Å². The third-order valence-electron chi connectivity index (χ3n) is 9.44. The predicted molar refractivity (Wildman–Crippen MR) is 151 cm³/mol. The summed E-state index contributed by atoms with van der Waals surface area (Å²) in [6, 6.07) is 5.33. The molecule has 3 aliphatic heterocycles. The van der Waals surface area contributed by atoms with Crippen LogP contribution < -0.4 is 14.5 Å². The molecule has 2 aromatic rings. The van der Waals surface area contributed by atoms with Crippen LogP contribution in [0.15, 0.2) is 29.4 Å². The van der Waals surface area contributed by atoms with Gasteiger partial charge in [0.05, 0.1) is 11.0 Å². The minimum absolute atomic E-state index is 0.0932. The lowest BCUT2D eigenvalue weighted by Gasteiger charge is -2.34. The third-order valence-corrected chi connectivity index (χ3v) is 10.2. The lowest BCUT2D eigenvalue weighted by atomic mass is 9.93. The van der Waals surface area contributed by atoms with Gasteiger partial charge < -0.3 is 4.90 Å². The van der Waals surface area contributed by atoms with Crippen molar-refractivity contribution < 1.29 is 22.8 Å². The van der Waals surface area contributed by atoms with Crippen molar-refractivity contribution in [3.8, 4) is 0 Å². The van der Waals surface area contributed by atoms with Crippen LogP contribution in [0.4, 0.5) is 24.8 Å². The van der Waals surface area contributed by atoms with Crippen LogP contribution >= 0.6 is 11.9 Å². The molecule has 12 heteroatoms. The highest BCUT2D eigenvalue weighted by molar-refractivity contribution is 7.97. The number of pyridine rings is 1. The summed E-state index contributed by atoms with van der Waals surface area (Å²) in [5.41, 5.74) is -1.32. The summed E-state index contributed by atoms with van der Waals surface area (Å²) in [6.45, 7) is 6.38. The molecule has 41 heavy (non-hydrogen) atoms. The summed E-state index contributed by atoms with van der Waals surface area (Å²) in [7, 11) is 0. The Morgan fingerprint density at radius 1 is 1.12 bits per heavy atom. The molecule has 8 nitrogen and oxygen atoms in total. The van der Waals surface area contributed by atoms with Gasteiger partial charge in [-0.05, 0) is 89.3 Å². The number of carbonyl (C=O) groups excluding carboxylic acids is 2. The zero-order chi connectivity index (χ0) is 29.0. The number of nitrogens with zero attached hydrogens (tertiary/aromatic N) is 5. The van der Waals surface area contributed by atoms with Gasteiger partial charge in [-0.1, -0.05) is 6.42 Å². The van der Waals surface area contributed by atoms with E-state index >= 15 is 0 Å². The van der Waals surface area contributed by atoms with Gasteiger partial charge in [-0.25, -0.2) is 4.98 Å². The standard InChI is InChI=1S/C29H37F3N6O2S/c1-27(2)17-19-5-4-14-36-15-10-23(34-36)41-35-25(39)21-7-8-22(33-24(21)38(27)18-19)37-16-9-20(26(37)40)6-3-11-28(12-13-28)29(30,31)32/h7-8,10,15,19-20H,3-6,9,11-14,16-18H2,1-2H3,(H,35,39). The topological polar surface area (TPSA) is 83.4 Å². The second-order valence-corrected chi connectivity index (χ2v) is 13.6. The molecule has 2 amide bonds. The Bertz CT molecular complexity index is 1320. The maximum absolute atomic E-state index is 13.4. The highest BCUT2D eigenvalue weighted by Gasteiger charge is 2.62. The van der Waals surface area contributed by atoms with E-state index in [0.717, 1.165) is 32.4 Å². The monoisotopic (exact) mass is 590 g/mol. The van der Waals surface area contributed by atoms with E-state index in [9.17, 15) is 22.8 Å². The fraction of sp³-hybridized carbons (Fsp3) is 0.655. The molecule has 0 spiro atoms. The molecule has 5 heterocycles. The van der Waals surface area contributed by atoms with Crippen LogP contribution in [0, 0.1) is 17.3 Å². The maximum atomic E-state index is 13.4. The van der Waals surface area contributed by atoms with Crippen LogP contribution in [0.1, 0.15) is 82.0 Å². The van der Waals surface area contributed by atoms with E-state index in [1.807, 2.05) is 16.9 Å². The first-order chi connectivity index (χ1) is 19.5. The Labute approximate surface area is 242 Å². The molecule has 3 fully saturated rings. The molecule has 1 saturated carbocycles. The van der Waals surface area contributed by atoms with Gasteiger partial charge in [-0.15, -0.1) is 0 Å². The van der Waals surface area contributed by atoms with Crippen molar-refractivity contribution in [2.75, 3.05) is 22.9 Å². The number of hydrogen-bond donors (Lipinski definition) is 1. The van der Waals surface area contributed by atoms with Gasteiger partial charge in [-0.2, -0.15) is 18.3 Å². The van der Waals surface area contributed by atoms with Crippen molar-refractivity contribution in [2.24, 2.45) is 17.3 Å². The highest BCUT2D eigenvalue weighted by Crippen LogP contribution is 2.60. The molecule has 6 rings (SSSR count). The number of nitrogens with one attached hydrogen (secondary N) is 1. The van der Waals surface area contributed by atoms with E-state index in [1.54, 1.807) is 17.0 Å². The summed E-state index contributed by atoms with van der Waals surface area (Å²) in [6.07, 6.45) is 2.69. The normalized spacial score (nSPS) is 25.6. The van der Waals surface area contributed by atoms with E-state index in [-0.39, 0.29) is 42.5 Å². The molecule has 1 aliphatic carbocycles. The number of halogens is 3. The quantitative estimate of drug-likeness (QED) is 0.432. The second kappa shape index (κ2) is 10.5. The molecule has 222 valence electrons. The molecule has 2 aromatic heterocycles. The fourth-order valence-corrected chi connectivity index (χ4v) is 7.47. The molecule has 2 atom stereocenters. The number of anilines is 2. The van der Waals surface area contributed by atoms with Gasteiger partial charge in [0.2, 0.25) is 5.91 Å². The summed E-state index contributed by atoms with van der Waals surface area (Å²) in [4.78, 5) is 35.6. The Morgan fingerprint density at radius 2 is 1.93 bits per heavy atom. The zero-order valence-corrected chi connectivity index (χ0v) is 24.4. The molecule has 1 N–H and O–H groups in total. The van der Waals surface area contributed by atoms with Crippen LogP contribution in [-0.4, -0.2) is 51.4 Å². The summed E-state index contributed by atoms with van der Waals surface area (Å²) >= 11 is 1.17. The fourth-order valence-electron chi connectivity index (χ4n) is 6.89. The largest absolute Gasteiger partial charge is 0.394 e. The molecule has 4 bridgehead atoms. The van der Waals surface area contributed by atoms with Crippen molar-refractivity contribution in [1.29, 1.82) is 0 Å². The van der Waals surface area contributed by atoms with Crippen molar-refractivity contribution in [3.05, 3.63) is 30.0 Å². The number of aromatic nitrogens is 3. The number of carbonyl (C=O) groups is 2. The first-order valence-electron chi connectivity index (χ1n) is 14.6. The first kappa shape index (κ1) is 28.4. The molecular formula is C29H37F3N6O2S. The van der Waals surface area contributed by atoms with Crippen molar-refractivity contribution in [2.45, 2.75) is 94.9 Å². The number of fused-ring (bicyclic) bond motifs is 6. The Kier molecular flexibility index (Phi) is 7.27. The van der Waals surface area contributed by atoms with Crippen molar-refractivity contribution >= 4 is 35.4 Å². The molecule has 0 aromatic carbocycles. The smallest absolute Gasteiger partial charge is 0.350 e. The third kappa shape index (κ3) is 5.56. The zero-order valence-electron chi connectivity index (χ0n) is 23.5. The van der Waals surface area contributed by atoms with Crippen molar-refractivity contribution in [1.82, 2.24) is 19.5 Å². The van der Waals surface area contributed by atoms with E-state index in [2.05, 4.69) is 28.6 Å². The Balaban J connectivity index is 1.22. The average molecular weight is 591 g/mol. The summed E-state index contributed by atoms with van der Waals surface area (Å²) in [5, 5.41) is 5.26. The maximum Gasteiger partial charge on any atom is 0.394 e. The van der Waals surface area contributed by atoms with E-state index in [1.165, 1.54) is 11.9 Å². The molecule has 2 saturated heterocycles. The number of aryl methyl sites for hydroxylation is 1. The number of amides is 2. The van der Waals surface area contributed by atoms with Gasteiger partial charge in [0.1, 0.15) is 16.7 Å². The van der Waals surface area contributed by atoms with Crippen molar-refractivity contribution in [3.63, 3.8) is 0 Å². The predicted octanol–water partition coefficient (Wildman–Crippen LogP) is 5.98. The van der Waals surface area contributed by atoms with Gasteiger partial charge in [0.25, 0.3) is 5.91 Å². The second-order valence-electron chi connectivity index (χ2n) is 12.8. The average Bonchev–Trinajstić information content (AvgIpc) is 3.29. The van der Waals surface area contributed by atoms with Gasteiger partial charge >= 0.3 is 6.18 Å². The van der Waals surface area contributed by atoms with Gasteiger partial charge in [0.15, 0.2) is 0 Å². The molecular weight excluding hydrogens is 553 g/mol. The molecule has 4 aliphatic rings. The van der Waals surface area contributed by atoms with Crippen LogP contribution in [0.25, 0.3) is 0 Å². The Morgan fingerprint density at radius 3 is 2.68 bits per heavy atom. The van der Waals surface area contributed by atoms with Crippen LogP contribution in [0.3, 0.4) is 0 Å². The number of alkyl halides is 3. The van der Waals surface area contributed by atoms with E-state index in [4.69, 9.17) is 4.98 Å². The highest BCUT2D eigenvalue weighted by atomic mass is 32.2. The van der Waals surface area contributed by atoms with Gasteiger partial charge in [0, 0.05) is 49.2 Å². The SMILES string of the molecule is CC1(C)CC2CCCn3ccc(n3)SNC(=O)c3ccc(N4CCC(CCCC5(C(F)(F)F)CC5)C4=O)nc3N1C2. The van der Waals surface area contributed by atoms with Crippen LogP contribution in [0.2, 0.25) is 0 Å². The van der Waals surface area contributed by atoms with E-state index < -0.39 is 11.6 Å². The molecule has 0 radical (unpaired) electrons. The lowest BCUT2D eigenvalue weighted by Crippen LogP contribution is -2.40. The summed E-state index contributed by atoms with van der Waals surface area (Å²) < 4.78 is 44.8. The summed E-state index contributed by atoms with van der Waals surface area (Å²) in [5.74, 6) is 0.811. The van der Waals surface area contributed by atoms with E-state index in [0.29, 0.717) is 54.0 Å². The number of rotatable bonds is 5. The minimum Gasteiger partial charge on any atom is -0.350 e. The molecule has 2 unspecified atom stereocenters. The minimum atomic E-state index is -4.16. The Hall–Kier alpha value is -2.76.